The zero-order valence-corrected chi connectivity index (χ0v) is 27.3. The Kier molecular flexibility index (Phi) is 11.8. The monoisotopic (exact) mass is 754 g/mol. The molecule has 0 aliphatic carbocycles. The molecule has 0 unspecified atom stereocenters. The van der Waals surface area contributed by atoms with Crippen molar-refractivity contribution < 1.29 is 42.7 Å². The topological polar surface area (TPSA) is 267 Å². The van der Waals surface area contributed by atoms with Gasteiger partial charge in [0.25, 0.3) is 22.7 Å². The number of halogens is 4. The number of aromatic carboxylic acids is 2. The number of aryl methyl sites for hydroxylation is 1. The lowest BCUT2D eigenvalue weighted by molar-refractivity contribution is -0.385. The Morgan fingerprint density at radius 1 is 0.906 bits per heavy atom. The first-order valence-electron chi connectivity index (χ1n) is 14.4. The van der Waals surface area contributed by atoms with Gasteiger partial charge in [0.1, 0.15) is 27.8 Å². The predicted octanol–water partition coefficient (Wildman–Crippen LogP) is 5.31. The molecule has 0 radical (unpaired) electrons. The van der Waals surface area contributed by atoms with Crippen molar-refractivity contribution in [2.24, 2.45) is 0 Å². The number of hydrogen-bond acceptors (Lipinski definition) is 10. The number of carboxylic acids is 2. The normalized spacial score (nSPS) is 10.7. The van der Waals surface area contributed by atoms with Gasteiger partial charge in [-0.15, -0.1) is 0 Å². The Morgan fingerprint density at radius 3 is 2.17 bits per heavy atom. The number of carboxylic acid groups (broad SMARTS) is 2. The number of amides is 1. The van der Waals surface area contributed by atoms with Crippen LogP contribution < -0.4 is 16.4 Å². The van der Waals surface area contributed by atoms with E-state index >= 15 is 0 Å². The van der Waals surface area contributed by atoms with Crippen molar-refractivity contribution in [2.75, 3.05) is 5.32 Å². The second-order valence-electron chi connectivity index (χ2n) is 10.3. The summed E-state index contributed by atoms with van der Waals surface area (Å²) in [7, 11) is 0. The summed E-state index contributed by atoms with van der Waals surface area (Å²) in [6.45, 7) is 1.34. The summed E-state index contributed by atoms with van der Waals surface area (Å²) >= 11 is 6.20. The van der Waals surface area contributed by atoms with Gasteiger partial charge in [-0.25, -0.2) is 24.5 Å². The SMILES string of the molecule is Cc1nc(C(F)(F)F)ccc1C(=O)Nc1cnc(Cl)c(-c2nc3ccccc3[nH]2)c1.O=C(O)c1cc([N+](=O)[O-])c[nH]c1=O.O=C(O)c1ccc[nH]c1=O. The van der Waals surface area contributed by atoms with E-state index in [1.165, 1.54) is 31.5 Å². The molecule has 272 valence electrons. The third-order valence-electron chi connectivity index (χ3n) is 6.74. The highest BCUT2D eigenvalue weighted by Crippen LogP contribution is 2.30. The quantitative estimate of drug-likeness (QED) is 0.0718. The number of nitro groups is 1. The van der Waals surface area contributed by atoms with E-state index in [-0.39, 0.29) is 22.0 Å². The molecule has 0 aliphatic heterocycles. The van der Waals surface area contributed by atoms with Crippen LogP contribution in [0.5, 0.6) is 0 Å². The first-order chi connectivity index (χ1) is 25.0. The van der Waals surface area contributed by atoms with E-state index in [1.54, 1.807) is 6.07 Å². The highest BCUT2D eigenvalue weighted by Gasteiger charge is 2.33. The number of nitrogens with one attached hydrogen (secondary N) is 4. The second kappa shape index (κ2) is 16.2. The van der Waals surface area contributed by atoms with Gasteiger partial charge < -0.3 is 30.5 Å². The van der Waals surface area contributed by atoms with Gasteiger partial charge in [-0.05, 0) is 49.4 Å². The standard InChI is InChI=1S/C20H13ClF3N5O.C6H4N2O5.C6H5NO3/c1-10-12(6-7-16(26-10)20(22,23)24)19(30)27-11-8-13(17(21)25-9-11)18-28-14-4-2-3-5-15(14)29-18;9-5-4(6(10)11)1-3(2-7-5)8(12)13;8-5-4(6(9)10)2-1-3-7-5/h2-9H,1H3,(H,27,30)(H,28,29);1-2H,(H,7,9)(H,10,11);1-3H,(H,7,8)(H,9,10). The predicted molar refractivity (Wildman–Crippen MR) is 181 cm³/mol. The number of H-pyrrole nitrogens is 3. The lowest BCUT2D eigenvalue weighted by atomic mass is 10.1. The Balaban J connectivity index is 0.000000223. The second-order valence-corrected chi connectivity index (χ2v) is 10.7. The Bertz CT molecular complexity index is 2450. The molecule has 0 bridgehead atoms. The number of pyridine rings is 4. The van der Waals surface area contributed by atoms with Crippen LogP contribution in [-0.4, -0.2) is 62.9 Å². The van der Waals surface area contributed by atoms with Crippen molar-refractivity contribution in [1.82, 2.24) is 29.9 Å². The van der Waals surface area contributed by atoms with E-state index in [0.29, 0.717) is 23.1 Å². The summed E-state index contributed by atoms with van der Waals surface area (Å²) in [5.41, 5.74) is -1.54. The number of aromatic amines is 3. The van der Waals surface area contributed by atoms with E-state index < -0.39 is 57.0 Å². The molecule has 5 aromatic heterocycles. The highest BCUT2D eigenvalue weighted by molar-refractivity contribution is 6.32. The van der Waals surface area contributed by atoms with Crippen LogP contribution in [0.3, 0.4) is 0 Å². The average molecular weight is 755 g/mol. The van der Waals surface area contributed by atoms with Gasteiger partial charge >= 0.3 is 18.1 Å². The van der Waals surface area contributed by atoms with Crippen LogP contribution in [-0.2, 0) is 6.18 Å². The minimum Gasteiger partial charge on any atom is -0.477 e. The number of alkyl halides is 3. The summed E-state index contributed by atoms with van der Waals surface area (Å²) in [5.74, 6) is -2.85. The van der Waals surface area contributed by atoms with E-state index in [9.17, 15) is 47.3 Å². The number of benzene rings is 1. The Morgan fingerprint density at radius 2 is 1.58 bits per heavy atom. The molecule has 21 heteroatoms. The molecule has 1 amide bonds. The molecule has 6 N–H and O–H groups in total. The fourth-order valence-electron chi connectivity index (χ4n) is 4.25. The summed E-state index contributed by atoms with van der Waals surface area (Å²) in [6.07, 6.45) is -1.01. The fourth-order valence-corrected chi connectivity index (χ4v) is 4.44. The molecule has 0 atom stereocenters. The minimum absolute atomic E-state index is 0.0169. The van der Waals surface area contributed by atoms with Gasteiger partial charge in [0, 0.05) is 12.3 Å². The largest absolute Gasteiger partial charge is 0.477 e. The molecule has 0 aliphatic rings. The van der Waals surface area contributed by atoms with Crippen LogP contribution in [0, 0.1) is 17.0 Å². The molecule has 53 heavy (non-hydrogen) atoms. The molecule has 17 nitrogen and oxygen atoms in total. The van der Waals surface area contributed by atoms with Crippen LogP contribution in [0.25, 0.3) is 22.4 Å². The van der Waals surface area contributed by atoms with Crippen LogP contribution >= 0.6 is 11.6 Å². The number of rotatable bonds is 6. The number of nitrogens with zero attached hydrogens (tertiary/aromatic N) is 4. The van der Waals surface area contributed by atoms with Gasteiger partial charge in [0.05, 0.1) is 50.9 Å². The molecule has 5 heterocycles. The number of fused-ring (bicyclic) bond motifs is 1. The molecule has 6 aromatic rings. The van der Waals surface area contributed by atoms with Crippen LogP contribution in [0.4, 0.5) is 24.5 Å². The van der Waals surface area contributed by atoms with Crippen LogP contribution in [0.1, 0.15) is 42.5 Å². The molecule has 0 saturated carbocycles. The third kappa shape index (κ3) is 9.73. The molecule has 0 fully saturated rings. The van der Waals surface area contributed by atoms with E-state index in [1.807, 2.05) is 29.2 Å². The number of anilines is 1. The smallest absolute Gasteiger partial charge is 0.433 e. The van der Waals surface area contributed by atoms with Gasteiger partial charge in [0.2, 0.25) is 0 Å². The van der Waals surface area contributed by atoms with E-state index in [0.717, 1.165) is 29.4 Å². The summed E-state index contributed by atoms with van der Waals surface area (Å²) < 4.78 is 38.3. The zero-order valence-electron chi connectivity index (χ0n) is 26.6. The van der Waals surface area contributed by atoms with Gasteiger partial charge in [0.15, 0.2) is 0 Å². The molecule has 6 rings (SSSR count). The third-order valence-corrected chi connectivity index (χ3v) is 7.04. The maximum Gasteiger partial charge on any atom is 0.433 e. The zero-order chi connectivity index (χ0) is 39.0. The number of carbonyl (C=O) groups excluding carboxylic acids is 1. The van der Waals surface area contributed by atoms with Gasteiger partial charge in [-0.2, -0.15) is 13.2 Å². The molecule has 0 saturated heterocycles. The maximum atomic E-state index is 12.8. The van der Waals surface area contributed by atoms with Crippen molar-refractivity contribution in [3.05, 3.63) is 143 Å². The van der Waals surface area contributed by atoms with E-state index in [4.69, 9.17) is 21.8 Å². The average Bonchev–Trinajstić information content (AvgIpc) is 3.53. The maximum absolute atomic E-state index is 12.8. The summed E-state index contributed by atoms with van der Waals surface area (Å²) in [6, 6.07) is 14.3. The molecule has 1 aromatic carbocycles. The first kappa shape index (κ1) is 38.6. The number of carbonyl (C=O) groups is 3. The molecular weight excluding hydrogens is 733 g/mol. The van der Waals surface area contributed by atoms with Crippen molar-refractivity contribution in [1.29, 1.82) is 0 Å². The fraction of sp³-hybridized carbons (Fsp3) is 0.0625. The molecular formula is C32H22ClF3N8O9. The van der Waals surface area contributed by atoms with Crippen molar-refractivity contribution >= 4 is 51.9 Å². The number of aromatic nitrogens is 6. The number of imidazole rings is 1. The minimum atomic E-state index is -4.58. The highest BCUT2D eigenvalue weighted by atomic mass is 35.5. The lowest BCUT2D eigenvalue weighted by Gasteiger charge is -2.11. The Labute approximate surface area is 297 Å². The van der Waals surface area contributed by atoms with Crippen molar-refractivity contribution in [2.45, 2.75) is 13.1 Å². The van der Waals surface area contributed by atoms with Crippen molar-refractivity contribution in [3.8, 4) is 11.4 Å². The number of hydrogen-bond donors (Lipinski definition) is 6. The van der Waals surface area contributed by atoms with Crippen LogP contribution in [0.15, 0.2) is 88.8 Å². The van der Waals surface area contributed by atoms with Gasteiger partial charge in [-0.1, -0.05) is 23.7 Å². The van der Waals surface area contributed by atoms with E-state index in [2.05, 4.69) is 30.2 Å². The Hall–Kier alpha value is -7.22. The van der Waals surface area contributed by atoms with Crippen molar-refractivity contribution in [3.63, 3.8) is 0 Å². The van der Waals surface area contributed by atoms with Gasteiger partial charge in [-0.3, -0.25) is 24.5 Å². The number of para-hydroxylation sites is 2. The van der Waals surface area contributed by atoms with Crippen LogP contribution in [0.2, 0.25) is 5.15 Å². The summed E-state index contributed by atoms with van der Waals surface area (Å²) in [5, 5.41) is 29.7. The molecule has 0 spiro atoms. The first-order valence-corrected chi connectivity index (χ1v) is 14.8. The summed E-state index contributed by atoms with van der Waals surface area (Å²) in [4.78, 5) is 83.2. The lowest BCUT2D eigenvalue weighted by Crippen LogP contribution is -2.17.